The van der Waals surface area contributed by atoms with Gasteiger partial charge in [-0.25, -0.2) is 0 Å². The molecule has 0 radical (unpaired) electrons. The summed E-state index contributed by atoms with van der Waals surface area (Å²) in [5.41, 5.74) is 4.74. The Balaban J connectivity index is 1.12. The minimum absolute atomic E-state index is 0.0950. The van der Waals surface area contributed by atoms with Gasteiger partial charge in [0, 0.05) is 25.7 Å². The second kappa shape index (κ2) is 7.32. The number of hydrogen-bond acceptors (Lipinski definition) is 4. The molecule has 0 N–H and O–H groups in total. The van der Waals surface area contributed by atoms with Crippen LogP contribution in [0.25, 0.3) is 0 Å². The van der Waals surface area contributed by atoms with Crippen molar-refractivity contribution in [3.05, 3.63) is 70.8 Å². The molecule has 134 valence electrons. The Morgan fingerprint density at radius 1 is 0.731 bits per heavy atom. The quantitative estimate of drug-likeness (QED) is 0.554. The van der Waals surface area contributed by atoms with Crippen LogP contribution in [0.15, 0.2) is 48.5 Å². The maximum Gasteiger partial charge on any atom is 0.306 e. The standard InChI is InChI=1S/C22H22O4/c23-21(25-19-13-15-7-1-3-9-17(15)19)11-5-6-12-22(24)26-20-14-16-8-2-4-10-18(16)20/h1-4,7-10,19-20H,5-6,11-14H2. The van der Waals surface area contributed by atoms with Gasteiger partial charge in [0.2, 0.25) is 0 Å². The van der Waals surface area contributed by atoms with Crippen molar-refractivity contribution in [2.45, 2.75) is 50.7 Å². The first-order valence-electron chi connectivity index (χ1n) is 9.25. The van der Waals surface area contributed by atoms with Crippen molar-refractivity contribution >= 4 is 11.9 Å². The Morgan fingerprint density at radius 3 is 1.58 bits per heavy atom. The highest BCUT2D eigenvalue weighted by molar-refractivity contribution is 5.71. The summed E-state index contributed by atoms with van der Waals surface area (Å²) in [5, 5.41) is 0. The summed E-state index contributed by atoms with van der Waals surface area (Å²) in [6.45, 7) is 0. The van der Waals surface area contributed by atoms with Gasteiger partial charge in [-0.3, -0.25) is 9.59 Å². The molecule has 2 unspecified atom stereocenters. The van der Waals surface area contributed by atoms with E-state index in [1.165, 1.54) is 11.1 Å². The Bertz CT molecular complexity index is 757. The minimum atomic E-state index is -0.189. The molecule has 0 saturated carbocycles. The number of rotatable bonds is 7. The first kappa shape index (κ1) is 16.8. The van der Waals surface area contributed by atoms with Crippen LogP contribution in [0.5, 0.6) is 0 Å². The van der Waals surface area contributed by atoms with Gasteiger partial charge in [0.15, 0.2) is 0 Å². The molecule has 0 saturated heterocycles. The van der Waals surface area contributed by atoms with Gasteiger partial charge in [0.25, 0.3) is 0 Å². The van der Waals surface area contributed by atoms with Crippen molar-refractivity contribution < 1.29 is 19.1 Å². The first-order valence-corrected chi connectivity index (χ1v) is 9.25. The van der Waals surface area contributed by atoms with Crippen LogP contribution in [-0.2, 0) is 31.9 Å². The Morgan fingerprint density at radius 2 is 1.15 bits per heavy atom. The van der Waals surface area contributed by atoms with Crippen LogP contribution in [-0.4, -0.2) is 11.9 Å². The van der Waals surface area contributed by atoms with Gasteiger partial charge in [-0.1, -0.05) is 48.5 Å². The zero-order valence-electron chi connectivity index (χ0n) is 14.6. The molecule has 0 fully saturated rings. The summed E-state index contributed by atoms with van der Waals surface area (Å²) in [6, 6.07) is 16.1. The number of hydrogen-bond donors (Lipinski definition) is 0. The van der Waals surface area contributed by atoms with Gasteiger partial charge in [-0.2, -0.15) is 0 Å². The number of fused-ring (bicyclic) bond motifs is 2. The van der Waals surface area contributed by atoms with Gasteiger partial charge in [-0.05, 0) is 35.1 Å². The maximum absolute atomic E-state index is 11.9. The maximum atomic E-state index is 11.9. The van der Waals surface area contributed by atoms with Gasteiger partial charge >= 0.3 is 11.9 Å². The fourth-order valence-electron chi connectivity index (χ4n) is 3.61. The molecule has 0 aromatic heterocycles. The predicted molar refractivity (Wildman–Crippen MR) is 96.4 cm³/mol. The molecule has 0 heterocycles. The highest BCUT2D eigenvalue weighted by Crippen LogP contribution is 2.37. The third-order valence-electron chi connectivity index (χ3n) is 5.17. The molecule has 0 spiro atoms. The zero-order valence-corrected chi connectivity index (χ0v) is 14.6. The molecule has 0 bridgehead atoms. The van der Waals surface area contributed by atoms with Crippen LogP contribution in [0.2, 0.25) is 0 Å². The fraction of sp³-hybridized carbons (Fsp3) is 0.364. The van der Waals surface area contributed by atoms with Crippen molar-refractivity contribution in [2.24, 2.45) is 0 Å². The molecule has 4 heteroatoms. The lowest BCUT2D eigenvalue weighted by Gasteiger charge is -2.29. The summed E-state index contributed by atoms with van der Waals surface area (Å²) in [5.74, 6) is -0.378. The highest BCUT2D eigenvalue weighted by atomic mass is 16.5. The summed E-state index contributed by atoms with van der Waals surface area (Å²) in [6.07, 6.45) is 3.39. The topological polar surface area (TPSA) is 52.6 Å². The zero-order chi connectivity index (χ0) is 17.9. The van der Waals surface area contributed by atoms with Gasteiger partial charge in [0.1, 0.15) is 12.2 Å². The summed E-state index contributed by atoms with van der Waals surface area (Å²) in [7, 11) is 0. The van der Waals surface area contributed by atoms with Crippen LogP contribution in [0.1, 0.15) is 60.1 Å². The Labute approximate surface area is 153 Å². The van der Waals surface area contributed by atoms with Crippen molar-refractivity contribution in [1.82, 2.24) is 0 Å². The fourth-order valence-corrected chi connectivity index (χ4v) is 3.61. The SMILES string of the molecule is O=C(CCCCC(=O)OC1Cc2ccccc21)OC1Cc2ccccc21. The molecule has 2 aromatic rings. The van der Waals surface area contributed by atoms with Crippen molar-refractivity contribution in [3.63, 3.8) is 0 Å². The normalized spacial score (nSPS) is 19.4. The molecule has 4 nitrogen and oxygen atoms in total. The lowest BCUT2D eigenvalue weighted by atomic mass is 9.85. The molecular weight excluding hydrogens is 328 g/mol. The van der Waals surface area contributed by atoms with Crippen LogP contribution in [0.3, 0.4) is 0 Å². The second-order valence-electron chi connectivity index (χ2n) is 6.97. The first-order chi connectivity index (χ1) is 12.7. The molecule has 4 rings (SSSR count). The average Bonchev–Trinajstić information content (AvgIpc) is 2.61. The average molecular weight is 350 g/mol. The largest absolute Gasteiger partial charge is 0.457 e. The molecule has 2 aliphatic rings. The minimum Gasteiger partial charge on any atom is -0.457 e. The van der Waals surface area contributed by atoms with E-state index in [-0.39, 0.29) is 24.1 Å². The van der Waals surface area contributed by atoms with Gasteiger partial charge in [-0.15, -0.1) is 0 Å². The van der Waals surface area contributed by atoms with Crippen LogP contribution >= 0.6 is 0 Å². The van der Waals surface area contributed by atoms with Crippen molar-refractivity contribution in [1.29, 1.82) is 0 Å². The van der Waals surface area contributed by atoms with Crippen LogP contribution < -0.4 is 0 Å². The number of unbranched alkanes of at least 4 members (excludes halogenated alkanes) is 1. The number of benzene rings is 2. The third-order valence-corrected chi connectivity index (χ3v) is 5.17. The lowest BCUT2D eigenvalue weighted by Crippen LogP contribution is -2.23. The van der Waals surface area contributed by atoms with Crippen molar-refractivity contribution in [3.8, 4) is 0 Å². The summed E-state index contributed by atoms with van der Waals surface area (Å²) >= 11 is 0. The number of esters is 2. The number of carbonyl (C=O) groups excluding carboxylic acids is 2. The van der Waals surface area contributed by atoms with E-state index in [0.717, 1.165) is 24.0 Å². The smallest absolute Gasteiger partial charge is 0.306 e. The van der Waals surface area contributed by atoms with E-state index in [2.05, 4.69) is 12.1 Å². The lowest BCUT2D eigenvalue weighted by molar-refractivity contribution is -0.153. The summed E-state index contributed by atoms with van der Waals surface area (Å²) in [4.78, 5) is 23.9. The molecule has 2 aromatic carbocycles. The number of ether oxygens (including phenoxy) is 2. The van der Waals surface area contributed by atoms with E-state index in [9.17, 15) is 9.59 Å². The monoisotopic (exact) mass is 350 g/mol. The van der Waals surface area contributed by atoms with Gasteiger partial charge < -0.3 is 9.47 Å². The molecule has 2 aliphatic carbocycles. The molecular formula is C22H22O4. The van der Waals surface area contributed by atoms with E-state index in [0.29, 0.717) is 25.7 Å². The van der Waals surface area contributed by atoms with E-state index < -0.39 is 0 Å². The summed E-state index contributed by atoms with van der Waals surface area (Å²) < 4.78 is 11.0. The second-order valence-corrected chi connectivity index (χ2v) is 6.97. The van der Waals surface area contributed by atoms with Gasteiger partial charge in [0.05, 0.1) is 0 Å². The Hall–Kier alpha value is -2.62. The molecule has 0 aliphatic heterocycles. The van der Waals surface area contributed by atoms with E-state index in [4.69, 9.17) is 9.47 Å². The van der Waals surface area contributed by atoms with Crippen LogP contribution in [0, 0.1) is 0 Å². The third kappa shape index (κ3) is 3.50. The molecule has 2 atom stereocenters. The highest BCUT2D eigenvalue weighted by Gasteiger charge is 2.29. The Kier molecular flexibility index (Phi) is 4.74. The van der Waals surface area contributed by atoms with E-state index in [1.54, 1.807) is 0 Å². The molecule has 0 amide bonds. The van der Waals surface area contributed by atoms with E-state index >= 15 is 0 Å². The van der Waals surface area contributed by atoms with Crippen molar-refractivity contribution in [2.75, 3.05) is 0 Å². The predicted octanol–water partition coefficient (Wildman–Crippen LogP) is 4.23. The number of carbonyl (C=O) groups is 2. The van der Waals surface area contributed by atoms with E-state index in [1.807, 2.05) is 36.4 Å². The van der Waals surface area contributed by atoms with Crippen LogP contribution in [0.4, 0.5) is 0 Å². The molecule has 26 heavy (non-hydrogen) atoms.